The maximum absolute atomic E-state index is 9.46. The summed E-state index contributed by atoms with van der Waals surface area (Å²) in [6.07, 6.45) is 0. The van der Waals surface area contributed by atoms with Gasteiger partial charge in [-0.3, -0.25) is 0 Å². The molecule has 2 heterocycles. The van der Waals surface area contributed by atoms with E-state index in [-0.39, 0.29) is 34.1 Å². The monoisotopic (exact) mass is 598 g/mol. The van der Waals surface area contributed by atoms with Crippen LogP contribution >= 0.6 is 0 Å². The van der Waals surface area contributed by atoms with Crippen molar-refractivity contribution in [1.29, 1.82) is 0 Å². The Hall–Kier alpha value is -5.80. The molecule has 0 amide bonds. The van der Waals surface area contributed by atoms with Crippen molar-refractivity contribution in [3.63, 3.8) is 0 Å². The molecule has 0 fully saturated rings. The highest BCUT2D eigenvalue weighted by molar-refractivity contribution is 7.00. The van der Waals surface area contributed by atoms with Crippen molar-refractivity contribution in [2.24, 2.45) is 0 Å². The molecule has 216 valence electrons. The van der Waals surface area contributed by atoms with Crippen LogP contribution in [0.5, 0.6) is 0 Å². The van der Waals surface area contributed by atoms with E-state index in [0.29, 0.717) is 28.0 Å². The molecule has 7 aromatic rings. The van der Waals surface area contributed by atoms with E-state index in [1.807, 2.05) is 108 Å². The normalized spacial score (nSPS) is 16.7. The summed E-state index contributed by atoms with van der Waals surface area (Å²) in [5.74, 6) is 0. The van der Waals surface area contributed by atoms with Crippen molar-refractivity contribution < 1.29 is 16.4 Å². The van der Waals surface area contributed by atoms with Crippen LogP contribution in [-0.2, 0) is 0 Å². The van der Waals surface area contributed by atoms with Gasteiger partial charge in [-0.2, -0.15) is 0 Å². The van der Waals surface area contributed by atoms with Gasteiger partial charge >= 0.3 is 0 Å². The van der Waals surface area contributed by atoms with Crippen LogP contribution in [0.4, 0.5) is 34.1 Å². The van der Waals surface area contributed by atoms with Crippen LogP contribution in [-0.4, -0.2) is 6.71 Å². The predicted octanol–water partition coefficient (Wildman–Crippen LogP) is 9.41. The molecule has 46 heavy (non-hydrogen) atoms. The van der Waals surface area contributed by atoms with Gasteiger partial charge in [-0.25, -0.2) is 0 Å². The van der Waals surface area contributed by atoms with Crippen LogP contribution < -0.4 is 26.2 Å². The molecule has 0 aromatic heterocycles. The molecule has 2 aliphatic heterocycles. The van der Waals surface area contributed by atoms with E-state index in [2.05, 4.69) is 0 Å². The minimum absolute atomic E-state index is 0.114. The molecule has 9 rings (SSSR count). The smallest absolute Gasteiger partial charge is 0.252 e. The topological polar surface area (TPSA) is 6.48 Å². The molecule has 7 aromatic carbocycles. The Morgan fingerprint density at radius 1 is 0.478 bits per heavy atom. The highest BCUT2D eigenvalue weighted by atomic mass is 15.2. The van der Waals surface area contributed by atoms with Gasteiger partial charge in [0.1, 0.15) is 0 Å². The van der Waals surface area contributed by atoms with Crippen LogP contribution in [0.1, 0.15) is 22.0 Å². The summed E-state index contributed by atoms with van der Waals surface area (Å²) in [6, 6.07) is 31.0. The van der Waals surface area contributed by atoms with Gasteiger partial charge in [0.2, 0.25) is 0 Å². The molecule has 0 aliphatic carbocycles. The van der Waals surface area contributed by atoms with Crippen molar-refractivity contribution in [3.05, 3.63) is 175 Å². The molecular formula is C43H31BN2. The molecule has 0 saturated heterocycles. The van der Waals surface area contributed by atoms with Crippen molar-refractivity contribution in [2.75, 3.05) is 9.80 Å². The van der Waals surface area contributed by atoms with Crippen molar-refractivity contribution in [3.8, 4) is 22.3 Å². The van der Waals surface area contributed by atoms with E-state index < -0.39 is 61.9 Å². The van der Waals surface area contributed by atoms with Crippen molar-refractivity contribution in [1.82, 2.24) is 0 Å². The molecular weight excluding hydrogens is 555 g/mol. The van der Waals surface area contributed by atoms with Crippen LogP contribution in [0.25, 0.3) is 22.3 Å². The third-order valence-corrected chi connectivity index (χ3v) is 8.74. The molecule has 0 spiro atoms. The third-order valence-electron chi connectivity index (χ3n) is 8.74. The first kappa shape index (κ1) is 17.0. The Balaban J connectivity index is 1.44. The summed E-state index contributed by atoms with van der Waals surface area (Å²) in [5, 5.41) is 0. The van der Waals surface area contributed by atoms with E-state index in [1.54, 1.807) is 6.07 Å². The number of anilines is 6. The largest absolute Gasteiger partial charge is 0.311 e. The maximum atomic E-state index is 9.46. The van der Waals surface area contributed by atoms with Gasteiger partial charge in [-0.15, -0.1) is 0 Å². The third kappa shape index (κ3) is 4.20. The molecule has 2 aliphatic rings. The molecule has 2 nitrogen and oxygen atoms in total. The minimum Gasteiger partial charge on any atom is -0.311 e. The Bertz CT molecular complexity index is 2800. The second-order valence-corrected chi connectivity index (χ2v) is 11.3. The maximum Gasteiger partial charge on any atom is 0.252 e. The Morgan fingerprint density at radius 3 is 1.76 bits per heavy atom. The summed E-state index contributed by atoms with van der Waals surface area (Å²) in [7, 11) is 0. The Kier molecular flexibility index (Phi) is 3.96. The lowest BCUT2D eigenvalue weighted by atomic mass is 9.33. The van der Waals surface area contributed by atoms with Gasteiger partial charge in [-0.05, 0) is 99.5 Å². The van der Waals surface area contributed by atoms with E-state index in [1.165, 1.54) is 11.0 Å². The van der Waals surface area contributed by atoms with E-state index in [9.17, 15) is 2.74 Å². The molecule has 0 atom stereocenters. The van der Waals surface area contributed by atoms with Crippen LogP contribution in [0, 0.1) is 6.85 Å². The minimum atomic E-state index is -2.69. The lowest BCUT2D eigenvalue weighted by Crippen LogP contribution is -2.61. The second kappa shape index (κ2) is 10.7. The average molecular weight is 599 g/mol. The van der Waals surface area contributed by atoms with Gasteiger partial charge in [0.25, 0.3) is 6.71 Å². The fourth-order valence-electron chi connectivity index (χ4n) is 6.79. The SMILES string of the molecule is [2H]c1c([2H])c([2H])c(N2c3cc(C([2H])([2H])[2H])cc4c3B(c3cc(-c5ccccc5)ccc3N4c3ccc(-c4ccccc4)cc3)c3c([2H])c([2H])c([2H])c([2H])c32)c([2H])c1[2H]. The van der Waals surface area contributed by atoms with Crippen LogP contribution in [0.2, 0.25) is 0 Å². The summed E-state index contributed by atoms with van der Waals surface area (Å²) >= 11 is 0. The number of nitrogens with zero attached hydrogens (tertiary/aromatic N) is 2. The predicted molar refractivity (Wildman–Crippen MR) is 196 cm³/mol. The summed E-state index contributed by atoms with van der Waals surface area (Å²) in [4.78, 5) is 3.18. The van der Waals surface area contributed by atoms with Gasteiger partial charge in [-0.1, -0.05) is 121 Å². The van der Waals surface area contributed by atoms with Gasteiger partial charge in [0.15, 0.2) is 0 Å². The molecule has 0 unspecified atom stereocenters. The van der Waals surface area contributed by atoms with Crippen molar-refractivity contribution in [2.45, 2.75) is 6.85 Å². The molecule has 3 heteroatoms. The van der Waals surface area contributed by atoms with Gasteiger partial charge in [0.05, 0.1) is 12.3 Å². The number of hydrogen-bond acceptors (Lipinski definition) is 2. The van der Waals surface area contributed by atoms with E-state index >= 15 is 0 Å². The number of para-hydroxylation sites is 2. The first-order chi connectivity index (χ1) is 27.7. The average Bonchev–Trinajstić information content (AvgIpc) is 3.24. The number of hydrogen-bond donors (Lipinski definition) is 0. The zero-order valence-corrected chi connectivity index (χ0v) is 24.4. The number of aryl methyl sites for hydroxylation is 1. The number of rotatable bonds is 4. The Morgan fingerprint density at radius 2 is 1.07 bits per heavy atom. The first-order valence-corrected chi connectivity index (χ1v) is 15.0. The number of benzene rings is 7. The lowest BCUT2D eigenvalue weighted by molar-refractivity contribution is 1.24. The first-order valence-electron chi connectivity index (χ1n) is 21.0. The molecule has 0 radical (unpaired) electrons. The fourth-order valence-corrected chi connectivity index (χ4v) is 6.79. The van der Waals surface area contributed by atoms with E-state index in [0.717, 1.165) is 22.3 Å². The van der Waals surface area contributed by atoms with E-state index in [4.69, 9.17) is 13.7 Å². The molecule has 0 N–H and O–H groups in total. The zero-order valence-electron chi connectivity index (χ0n) is 36.4. The highest BCUT2D eigenvalue weighted by Gasteiger charge is 2.43. The fraction of sp³-hybridized carbons (Fsp3) is 0.0233. The summed E-state index contributed by atoms with van der Waals surface area (Å²) in [5.41, 5.74) is 6.14. The second-order valence-electron chi connectivity index (χ2n) is 11.3. The zero-order chi connectivity index (χ0) is 40.9. The van der Waals surface area contributed by atoms with Gasteiger partial charge in [0, 0.05) is 38.2 Å². The Labute approximate surface area is 287 Å². The van der Waals surface area contributed by atoms with Crippen LogP contribution in [0.3, 0.4) is 0 Å². The summed E-state index contributed by atoms with van der Waals surface area (Å²) in [6.45, 7) is -3.60. The number of fused-ring (bicyclic) bond motifs is 4. The molecule has 0 saturated carbocycles. The standard InChI is InChI=1S/C43H31BN2/c1-30-27-41-43-42(28-30)46(36-24-21-33(22-25-36)31-13-5-2-6-14-31)40-26-23-34(32-15-7-3-8-16-32)29-38(40)44(43)37-19-11-12-20-39(37)45(41)35-17-9-4-10-18-35/h2-29H,1H3/i1D3,4D,9D,10D,11D,12D,17D,18D,19D,20D. The lowest BCUT2D eigenvalue weighted by Gasteiger charge is -2.44. The van der Waals surface area contributed by atoms with Crippen molar-refractivity contribution >= 4 is 57.2 Å². The molecule has 0 bridgehead atoms. The highest BCUT2D eigenvalue weighted by Crippen LogP contribution is 2.45. The summed E-state index contributed by atoms with van der Waals surface area (Å²) < 4.78 is 106. The quantitative estimate of drug-likeness (QED) is 0.186. The van der Waals surface area contributed by atoms with Gasteiger partial charge < -0.3 is 9.80 Å². The van der Waals surface area contributed by atoms with Crippen LogP contribution in [0.15, 0.2) is 170 Å².